The Labute approximate surface area is 194 Å². The van der Waals surface area contributed by atoms with Crippen LogP contribution < -0.4 is 10.6 Å². The lowest BCUT2D eigenvalue weighted by Gasteiger charge is -2.52. The first-order chi connectivity index (χ1) is 14.9. The van der Waals surface area contributed by atoms with Crippen LogP contribution in [0.25, 0.3) is 5.57 Å². The SMILES string of the molecule is CC(C)(C)C1C(c2ccccc2)=CC(CP)=C1C(P)(C1CCCNC1)C1CCCNC1. The van der Waals surface area contributed by atoms with Gasteiger partial charge in [-0.05, 0) is 97.6 Å². The summed E-state index contributed by atoms with van der Waals surface area (Å²) in [4.78, 5) is 0. The molecule has 0 aromatic heterocycles. The molecule has 2 aliphatic heterocycles. The second-order valence-corrected chi connectivity index (χ2v) is 12.3. The van der Waals surface area contributed by atoms with Crippen molar-refractivity contribution in [1.82, 2.24) is 10.6 Å². The first-order valence-corrected chi connectivity index (χ1v) is 13.7. The number of hydrogen-bond donors (Lipinski definition) is 2. The number of allylic oxidation sites excluding steroid dienone is 4. The lowest BCUT2D eigenvalue weighted by Crippen LogP contribution is -2.54. The van der Waals surface area contributed by atoms with Gasteiger partial charge in [0.15, 0.2) is 0 Å². The minimum Gasteiger partial charge on any atom is -0.316 e. The third kappa shape index (κ3) is 4.61. The maximum atomic E-state index is 3.75. The van der Waals surface area contributed by atoms with Gasteiger partial charge in [-0.1, -0.05) is 57.2 Å². The van der Waals surface area contributed by atoms with Gasteiger partial charge in [-0.3, -0.25) is 0 Å². The number of rotatable bonds is 5. The van der Waals surface area contributed by atoms with Crippen molar-refractivity contribution in [1.29, 1.82) is 0 Å². The van der Waals surface area contributed by atoms with Gasteiger partial charge >= 0.3 is 0 Å². The van der Waals surface area contributed by atoms with E-state index in [9.17, 15) is 0 Å². The van der Waals surface area contributed by atoms with Gasteiger partial charge < -0.3 is 10.6 Å². The third-order valence-electron chi connectivity index (χ3n) is 7.88. The fraction of sp³-hybridized carbons (Fsp3) is 0.630. The van der Waals surface area contributed by atoms with E-state index in [1.54, 1.807) is 11.1 Å². The zero-order valence-electron chi connectivity index (χ0n) is 19.7. The van der Waals surface area contributed by atoms with Crippen LogP contribution in [0.5, 0.6) is 0 Å². The predicted molar refractivity (Wildman–Crippen MR) is 143 cm³/mol. The average Bonchev–Trinajstić information content (AvgIpc) is 3.21. The second kappa shape index (κ2) is 9.77. The molecule has 3 aliphatic rings. The number of hydrogen-bond acceptors (Lipinski definition) is 2. The van der Waals surface area contributed by atoms with Gasteiger partial charge in [0, 0.05) is 11.1 Å². The van der Waals surface area contributed by atoms with E-state index in [0.717, 1.165) is 19.3 Å². The Kier molecular flexibility index (Phi) is 7.45. The minimum absolute atomic E-state index is 0.137. The van der Waals surface area contributed by atoms with E-state index in [1.807, 2.05) is 0 Å². The normalized spacial score (nSPS) is 29.6. The molecule has 5 atom stereocenters. The van der Waals surface area contributed by atoms with Crippen molar-refractivity contribution in [3.8, 4) is 0 Å². The summed E-state index contributed by atoms with van der Waals surface area (Å²) in [6, 6.07) is 11.1. The van der Waals surface area contributed by atoms with E-state index in [2.05, 4.69) is 86.3 Å². The van der Waals surface area contributed by atoms with Crippen LogP contribution in [0.3, 0.4) is 0 Å². The number of nitrogens with one attached hydrogen (secondary N) is 2. The van der Waals surface area contributed by atoms with Gasteiger partial charge in [-0.2, -0.15) is 0 Å². The maximum Gasteiger partial charge on any atom is 0.0149 e. The minimum atomic E-state index is 0.137. The van der Waals surface area contributed by atoms with Crippen molar-refractivity contribution in [2.24, 2.45) is 23.2 Å². The molecule has 2 N–H and O–H groups in total. The summed E-state index contributed by atoms with van der Waals surface area (Å²) >= 11 is 0. The summed E-state index contributed by atoms with van der Waals surface area (Å²) in [5.41, 5.74) is 6.38. The molecule has 0 bridgehead atoms. The quantitative estimate of drug-likeness (QED) is 0.569. The highest BCUT2D eigenvalue weighted by Crippen LogP contribution is 2.59. The molecule has 2 fully saturated rings. The van der Waals surface area contributed by atoms with Crippen LogP contribution in [-0.2, 0) is 0 Å². The van der Waals surface area contributed by atoms with E-state index in [-0.39, 0.29) is 10.6 Å². The van der Waals surface area contributed by atoms with Gasteiger partial charge in [0.1, 0.15) is 0 Å². The highest BCUT2D eigenvalue weighted by Gasteiger charge is 2.52. The van der Waals surface area contributed by atoms with Crippen LogP contribution in [0.1, 0.15) is 52.0 Å². The molecule has 4 heteroatoms. The lowest BCUT2D eigenvalue weighted by molar-refractivity contribution is 0.196. The van der Waals surface area contributed by atoms with Crippen LogP contribution in [0, 0.1) is 23.2 Å². The van der Waals surface area contributed by atoms with Crippen LogP contribution >= 0.6 is 18.5 Å². The summed E-state index contributed by atoms with van der Waals surface area (Å²) in [6.07, 6.45) is 8.84. The summed E-state index contributed by atoms with van der Waals surface area (Å²) in [7, 11) is 6.55. The second-order valence-electron chi connectivity index (χ2n) is 10.9. The van der Waals surface area contributed by atoms with E-state index < -0.39 is 0 Å². The zero-order valence-corrected chi connectivity index (χ0v) is 22.0. The highest BCUT2D eigenvalue weighted by atomic mass is 31.0. The maximum absolute atomic E-state index is 3.75. The van der Waals surface area contributed by atoms with Gasteiger partial charge in [0.25, 0.3) is 0 Å². The molecule has 2 heterocycles. The van der Waals surface area contributed by atoms with E-state index >= 15 is 0 Å². The van der Waals surface area contributed by atoms with Gasteiger partial charge in [-0.15, -0.1) is 18.5 Å². The lowest BCUT2D eigenvalue weighted by atomic mass is 9.61. The number of benzene rings is 1. The molecule has 0 spiro atoms. The molecular weight excluding hydrogens is 414 g/mol. The Morgan fingerprint density at radius 2 is 1.52 bits per heavy atom. The first-order valence-electron chi connectivity index (χ1n) is 12.3. The van der Waals surface area contributed by atoms with Crippen LogP contribution in [0.4, 0.5) is 0 Å². The molecule has 0 amide bonds. The Morgan fingerprint density at radius 3 is 1.97 bits per heavy atom. The van der Waals surface area contributed by atoms with Gasteiger partial charge in [0.2, 0.25) is 0 Å². The van der Waals surface area contributed by atoms with Gasteiger partial charge in [-0.25, -0.2) is 0 Å². The summed E-state index contributed by atoms with van der Waals surface area (Å²) in [5, 5.41) is 7.64. The molecule has 170 valence electrons. The van der Waals surface area contributed by atoms with Crippen molar-refractivity contribution in [3.63, 3.8) is 0 Å². The molecule has 1 aromatic rings. The standard InChI is InChI=1S/C27H42N2P2/c1-26(2,3)25-23(19-9-5-4-6-10-19)15-20(18-30)24(25)27(31,21-11-7-13-28-16-21)22-12-8-14-29-17-22/h4-6,9-10,15,21-22,25,28-29H,7-8,11-14,16-18,30-31H2,1-3H3. The molecule has 0 saturated carbocycles. The smallest absolute Gasteiger partial charge is 0.0149 e. The average molecular weight is 457 g/mol. The van der Waals surface area contributed by atoms with Crippen molar-refractivity contribution in [2.45, 2.75) is 51.6 Å². The summed E-state index contributed by atoms with van der Waals surface area (Å²) < 4.78 is 0. The van der Waals surface area contributed by atoms with Crippen molar-refractivity contribution in [2.75, 3.05) is 32.3 Å². The van der Waals surface area contributed by atoms with E-state index in [1.165, 1.54) is 49.9 Å². The molecule has 2 nitrogen and oxygen atoms in total. The monoisotopic (exact) mass is 456 g/mol. The van der Waals surface area contributed by atoms with Crippen LogP contribution in [-0.4, -0.2) is 37.5 Å². The summed E-state index contributed by atoms with van der Waals surface area (Å²) in [5.74, 6) is 1.80. The van der Waals surface area contributed by atoms with Gasteiger partial charge in [0.05, 0.1) is 0 Å². The highest BCUT2D eigenvalue weighted by molar-refractivity contribution is 7.19. The predicted octanol–water partition coefficient (Wildman–Crippen LogP) is 5.53. The molecule has 5 unspecified atom stereocenters. The molecule has 2 saturated heterocycles. The van der Waals surface area contributed by atoms with Crippen molar-refractivity contribution < 1.29 is 0 Å². The Bertz CT molecular complexity index is 791. The molecule has 0 radical (unpaired) electrons. The van der Waals surface area contributed by atoms with Crippen LogP contribution in [0.2, 0.25) is 0 Å². The van der Waals surface area contributed by atoms with E-state index in [0.29, 0.717) is 17.8 Å². The molecule has 1 aliphatic carbocycles. The molecule has 4 rings (SSSR count). The Morgan fingerprint density at radius 1 is 0.935 bits per heavy atom. The fourth-order valence-electron chi connectivity index (χ4n) is 6.46. The van der Waals surface area contributed by atoms with Crippen LogP contribution in [0.15, 0.2) is 47.6 Å². The largest absolute Gasteiger partial charge is 0.316 e. The Balaban J connectivity index is 1.85. The first kappa shape index (κ1) is 23.6. The van der Waals surface area contributed by atoms with E-state index in [4.69, 9.17) is 0 Å². The molecular formula is C27H42N2P2. The fourth-order valence-corrected chi connectivity index (χ4v) is 7.72. The summed E-state index contributed by atoms with van der Waals surface area (Å²) in [6.45, 7) is 12.0. The zero-order chi connectivity index (χ0) is 22.1. The number of piperidine rings is 2. The van der Waals surface area contributed by atoms with Crippen molar-refractivity contribution in [3.05, 3.63) is 53.1 Å². The van der Waals surface area contributed by atoms with Crippen molar-refractivity contribution >= 4 is 24.1 Å². The Hall–Kier alpha value is -0.520. The third-order valence-corrected chi connectivity index (χ3v) is 9.57. The topological polar surface area (TPSA) is 24.1 Å². The molecule has 1 aromatic carbocycles. The molecule has 31 heavy (non-hydrogen) atoms.